The van der Waals surface area contributed by atoms with Crippen LogP contribution >= 0.6 is 0 Å². The number of nitrogens with zero attached hydrogens (tertiary/aromatic N) is 6. The molecule has 0 aliphatic carbocycles. The second-order valence-electron chi connectivity index (χ2n) is 7.51. The minimum Gasteiger partial charge on any atom is -0.347 e. The summed E-state index contributed by atoms with van der Waals surface area (Å²) in [6.45, 7) is 1.63. The van der Waals surface area contributed by atoms with Crippen LogP contribution in [0.1, 0.15) is 17.0 Å². The largest absolute Gasteiger partial charge is 0.347 e. The number of imidazole rings is 1. The topological polar surface area (TPSA) is 111 Å². The minimum absolute atomic E-state index is 0.511. The average Bonchev–Trinajstić information content (AvgIpc) is 3.41. The fourth-order valence-electron chi connectivity index (χ4n) is 4.27. The maximum absolute atomic E-state index is 4.61. The molecule has 0 bridgehead atoms. The van der Waals surface area contributed by atoms with Crippen molar-refractivity contribution in [3.63, 3.8) is 0 Å². The Hall–Kier alpha value is -3.59. The molecule has 29 heavy (non-hydrogen) atoms. The zero-order valence-corrected chi connectivity index (χ0v) is 15.6. The number of anilines is 1. The van der Waals surface area contributed by atoms with Crippen molar-refractivity contribution in [2.24, 2.45) is 4.99 Å². The molecule has 2 aliphatic heterocycles. The Labute approximate surface area is 166 Å². The van der Waals surface area contributed by atoms with Gasteiger partial charge in [0.15, 0.2) is 5.82 Å². The number of aromatic nitrogens is 6. The lowest BCUT2D eigenvalue weighted by molar-refractivity contribution is 0.152. The van der Waals surface area contributed by atoms with E-state index in [9.17, 15) is 0 Å². The van der Waals surface area contributed by atoms with E-state index in [-0.39, 0.29) is 0 Å². The minimum atomic E-state index is -0.511. The summed E-state index contributed by atoms with van der Waals surface area (Å²) in [5.74, 6) is 1.26. The summed E-state index contributed by atoms with van der Waals surface area (Å²) in [5, 5.41) is 15.8. The number of aromatic amines is 2. The Balaban J connectivity index is 1.40. The van der Waals surface area contributed by atoms with Gasteiger partial charge in [0, 0.05) is 43.7 Å². The number of benzene rings is 1. The summed E-state index contributed by atoms with van der Waals surface area (Å²) in [7, 11) is 0. The normalized spacial score (nSPS) is 21.0. The lowest BCUT2D eigenvalue weighted by Crippen LogP contribution is -2.59. The molecule has 0 radical (unpaired) electrons. The van der Waals surface area contributed by atoms with Crippen LogP contribution in [-0.2, 0) is 19.4 Å². The number of hydrogen-bond donors (Lipinski definition) is 3. The summed E-state index contributed by atoms with van der Waals surface area (Å²) in [4.78, 5) is 19.1. The van der Waals surface area contributed by atoms with Gasteiger partial charge in [-0.15, -0.1) is 10.2 Å². The Morgan fingerprint density at radius 3 is 3.14 bits per heavy atom. The number of nitrogens with one attached hydrogen (secondary N) is 3. The first-order valence-corrected chi connectivity index (χ1v) is 9.63. The molecule has 6 rings (SSSR count). The van der Waals surface area contributed by atoms with E-state index in [1.165, 1.54) is 5.56 Å². The van der Waals surface area contributed by atoms with E-state index in [4.69, 9.17) is 0 Å². The molecule has 2 aliphatic rings. The van der Waals surface area contributed by atoms with Crippen LogP contribution in [0.5, 0.6) is 0 Å². The molecule has 0 spiro atoms. The summed E-state index contributed by atoms with van der Waals surface area (Å²) in [6.07, 6.45) is 7.18. The van der Waals surface area contributed by atoms with Gasteiger partial charge in [0.1, 0.15) is 5.66 Å². The van der Waals surface area contributed by atoms with Gasteiger partial charge in [-0.05, 0) is 23.8 Å². The molecule has 1 unspecified atom stereocenters. The van der Waals surface area contributed by atoms with Crippen LogP contribution in [-0.4, -0.2) is 53.7 Å². The van der Waals surface area contributed by atoms with Gasteiger partial charge >= 0.3 is 0 Å². The summed E-state index contributed by atoms with van der Waals surface area (Å²) in [6, 6.07) is 10.5. The fourth-order valence-corrected chi connectivity index (χ4v) is 4.27. The Morgan fingerprint density at radius 1 is 1.14 bits per heavy atom. The summed E-state index contributed by atoms with van der Waals surface area (Å²) in [5.41, 5.74) is 3.98. The highest BCUT2D eigenvalue weighted by atomic mass is 15.4. The molecule has 4 aromatic rings. The predicted molar refractivity (Wildman–Crippen MR) is 109 cm³/mol. The van der Waals surface area contributed by atoms with E-state index in [1.54, 1.807) is 6.33 Å². The second-order valence-corrected chi connectivity index (χ2v) is 7.51. The Kier molecular flexibility index (Phi) is 3.51. The van der Waals surface area contributed by atoms with E-state index in [0.29, 0.717) is 11.6 Å². The smallest absolute Gasteiger partial charge is 0.218 e. The fraction of sp³-hybridized carbons (Fsp3) is 0.250. The van der Waals surface area contributed by atoms with E-state index >= 15 is 0 Å². The van der Waals surface area contributed by atoms with Crippen molar-refractivity contribution in [2.75, 3.05) is 11.9 Å². The zero-order chi connectivity index (χ0) is 19.3. The van der Waals surface area contributed by atoms with Crippen LogP contribution in [0.4, 0.5) is 11.6 Å². The van der Waals surface area contributed by atoms with Crippen LogP contribution in [0.25, 0.3) is 10.9 Å². The van der Waals surface area contributed by atoms with Crippen molar-refractivity contribution in [3.05, 3.63) is 59.8 Å². The number of pyridine rings is 1. The molecule has 9 nitrogen and oxygen atoms in total. The van der Waals surface area contributed by atoms with Crippen molar-refractivity contribution in [2.45, 2.75) is 25.0 Å². The van der Waals surface area contributed by atoms with Gasteiger partial charge in [-0.1, -0.05) is 12.1 Å². The quantitative estimate of drug-likeness (QED) is 0.499. The Morgan fingerprint density at radius 2 is 2.14 bits per heavy atom. The van der Waals surface area contributed by atoms with Gasteiger partial charge in [-0.25, -0.2) is 9.98 Å². The molecule has 1 aromatic carbocycles. The summed E-state index contributed by atoms with van der Waals surface area (Å²) < 4.78 is 0. The van der Waals surface area contributed by atoms with Crippen molar-refractivity contribution in [1.29, 1.82) is 0 Å². The highest BCUT2D eigenvalue weighted by molar-refractivity contribution is 5.84. The van der Waals surface area contributed by atoms with Gasteiger partial charge in [-0.2, -0.15) is 5.21 Å². The number of hydrogen-bond acceptors (Lipinski definition) is 7. The maximum atomic E-state index is 4.61. The van der Waals surface area contributed by atoms with Gasteiger partial charge in [-0.3, -0.25) is 9.88 Å². The summed E-state index contributed by atoms with van der Waals surface area (Å²) >= 11 is 0. The van der Waals surface area contributed by atoms with Crippen LogP contribution in [0.3, 0.4) is 0 Å². The molecule has 144 valence electrons. The monoisotopic (exact) mass is 385 g/mol. The van der Waals surface area contributed by atoms with Crippen molar-refractivity contribution in [3.8, 4) is 0 Å². The van der Waals surface area contributed by atoms with Gasteiger partial charge in [0.05, 0.1) is 23.2 Å². The highest BCUT2D eigenvalue weighted by Crippen LogP contribution is 2.34. The molecule has 9 heteroatoms. The van der Waals surface area contributed by atoms with E-state index in [0.717, 1.165) is 48.2 Å². The van der Waals surface area contributed by atoms with Crippen molar-refractivity contribution < 1.29 is 0 Å². The third-order valence-corrected chi connectivity index (χ3v) is 5.75. The molecule has 3 aromatic heterocycles. The first kappa shape index (κ1) is 16.4. The average molecular weight is 385 g/mol. The second kappa shape index (κ2) is 6.21. The third-order valence-electron chi connectivity index (χ3n) is 5.75. The zero-order valence-electron chi connectivity index (χ0n) is 15.6. The van der Waals surface area contributed by atoms with Crippen molar-refractivity contribution in [1.82, 2.24) is 35.3 Å². The molecule has 0 fully saturated rings. The molecular formula is C20H19N9. The molecule has 5 heterocycles. The molecule has 0 saturated carbocycles. The third kappa shape index (κ3) is 2.70. The van der Waals surface area contributed by atoms with Gasteiger partial charge in [0.2, 0.25) is 5.82 Å². The maximum Gasteiger partial charge on any atom is 0.218 e. The first-order chi connectivity index (χ1) is 14.3. The van der Waals surface area contributed by atoms with E-state index in [1.807, 2.05) is 18.5 Å². The lowest BCUT2D eigenvalue weighted by atomic mass is 9.94. The standard InChI is InChI=1S/C20H19N9/c1-2-14-8-13(3-4-15(14)21-6-1)9-20(11-22-18-19(25-20)27-28-26-18)29-7-5-16-17(10-29)24-12-23-16/h1-4,6,8,11-12H,5,7,9-10H2,(H,23,24)(H2,25,26,27,28). The van der Waals surface area contributed by atoms with Crippen LogP contribution in [0, 0.1) is 0 Å². The van der Waals surface area contributed by atoms with Gasteiger partial charge < -0.3 is 10.3 Å². The molecular weight excluding hydrogens is 366 g/mol. The SMILES string of the molecule is C1=Nc2n[nH]nc2NC1(Cc1ccc2ncccc2c1)N1CCc2nc[nH]c2C1. The predicted octanol–water partition coefficient (Wildman–Crippen LogP) is 2.20. The number of rotatable bonds is 3. The van der Waals surface area contributed by atoms with Gasteiger partial charge in [0.25, 0.3) is 0 Å². The number of aliphatic imine (C=N–C) groups is 1. The van der Waals surface area contributed by atoms with E-state index < -0.39 is 5.66 Å². The molecule has 0 amide bonds. The lowest BCUT2D eigenvalue weighted by Gasteiger charge is -2.44. The molecule has 0 saturated heterocycles. The Bertz CT molecular complexity index is 1220. The number of fused-ring (bicyclic) bond motifs is 3. The number of H-pyrrole nitrogens is 2. The van der Waals surface area contributed by atoms with Crippen LogP contribution in [0.2, 0.25) is 0 Å². The first-order valence-electron chi connectivity index (χ1n) is 9.63. The van der Waals surface area contributed by atoms with Crippen LogP contribution < -0.4 is 5.32 Å². The molecule has 1 atom stereocenters. The van der Waals surface area contributed by atoms with Crippen LogP contribution in [0.15, 0.2) is 47.8 Å². The molecule has 3 N–H and O–H groups in total. The van der Waals surface area contributed by atoms with E-state index in [2.05, 4.69) is 69.8 Å². The van der Waals surface area contributed by atoms with Crippen molar-refractivity contribution >= 4 is 28.8 Å². The highest BCUT2D eigenvalue weighted by Gasteiger charge is 2.41.